The molecule has 1 saturated carbocycles. The van der Waals surface area contributed by atoms with Gasteiger partial charge in [0.15, 0.2) is 0 Å². The van der Waals surface area contributed by atoms with Crippen LogP contribution in [0.1, 0.15) is 32.1 Å². The first-order valence-electron chi connectivity index (χ1n) is 5.93. The molecule has 0 bridgehead atoms. The van der Waals surface area contributed by atoms with E-state index in [1.807, 2.05) is 0 Å². The van der Waals surface area contributed by atoms with Crippen LogP contribution in [0.15, 0.2) is 11.1 Å². The van der Waals surface area contributed by atoms with E-state index in [-0.39, 0.29) is 12.1 Å². The molecular formula is C12H18FNO. The number of aliphatic hydroxyl groups is 1. The van der Waals surface area contributed by atoms with E-state index in [9.17, 15) is 9.50 Å². The zero-order chi connectivity index (χ0) is 10.5. The summed E-state index contributed by atoms with van der Waals surface area (Å²) in [7, 11) is 0. The summed E-state index contributed by atoms with van der Waals surface area (Å²) >= 11 is 0. The SMILES string of the molecule is OC[C@]12CC(=C3CCC3)CN1C[C@@H](F)C2. The van der Waals surface area contributed by atoms with Crippen molar-refractivity contribution in [3.05, 3.63) is 11.1 Å². The summed E-state index contributed by atoms with van der Waals surface area (Å²) in [4.78, 5) is 2.16. The molecule has 2 heterocycles. The molecule has 2 saturated heterocycles. The van der Waals surface area contributed by atoms with E-state index in [2.05, 4.69) is 4.90 Å². The van der Waals surface area contributed by atoms with E-state index in [0.29, 0.717) is 13.0 Å². The van der Waals surface area contributed by atoms with Crippen LogP contribution in [0, 0.1) is 0 Å². The Bertz CT molecular complexity index is 309. The number of nitrogens with zero attached hydrogens (tertiary/aromatic N) is 1. The Kier molecular flexibility index (Phi) is 2.15. The topological polar surface area (TPSA) is 23.5 Å². The number of hydrogen-bond acceptors (Lipinski definition) is 2. The van der Waals surface area contributed by atoms with Crippen molar-refractivity contribution < 1.29 is 9.50 Å². The van der Waals surface area contributed by atoms with Crippen molar-refractivity contribution in [3.8, 4) is 0 Å². The molecule has 0 radical (unpaired) electrons. The van der Waals surface area contributed by atoms with Gasteiger partial charge in [0.25, 0.3) is 0 Å². The fourth-order valence-electron chi connectivity index (χ4n) is 3.30. The smallest absolute Gasteiger partial charge is 0.115 e. The quantitative estimate of drug-likeness (QED) is 0.667. The molecule has 0 spiro atoms. The van der Waals surface area contributed by atoms with Gasteiger partial charge in [0.1, 0.15) is 6.17 Å². The number of hydrogen-bond donors (Lipinski definition) is 1. The molecule has 84 valence electrons. The van der Waals surface area contributed by atoms with Crippen LogP contribution >= 0.6 is 0 Å². The fourth-order valence-corrected chi connectivity index (χ4v) is 3.30. The molecular weight excluding hydrogens is 193 g/mol. The number of fused-ring (bicyclic) bond motifs is 1. The van der Waals surface area contributed by atoms with Gasteiger partial charge < -0.3 is 5.11 Å². The van der Waals surface area contributed by atoms with Crippen LogP contribution in [-0.4, -0.2) is 41.4 Å². The molecule has 15 heavy (non-hydrogen) atoms. The molecule has 0 aromatic heterocycles. The Balaban J connectivity index is 1.84. The Morgan fingerprint density at radius 2 is 2.20 bits per heavy atom. The minimum absolute atomic E-state index is 0.115. The van der Waals surface area contributed by atoms with Crippen molar-refractivity contribution in [3.63, 3.8) is 0 Å². The zero-order valence-corrected chi connectivity index (χ0v) is 9.01. The highest BCUT2D eigenvalue weighted by molar-refractivity contribution is 5.29. The first kappa shape index (κ1) is 9.79. The van der Waals surface area contributed by atoms with Gasteiger partial charge in [0.2, 0.25) is 0 Å². The molecule has 0 aromatic rings. The highest BCUT2D eigenvalue weighted by Crippen LogP contribution is 2.45. The van der Waals surface area contributed by atoms with E-state index in [0.717, 1.165) is 13.0 Å². The lowest BCUT2D eigenvalue weighted by atomic mass is 9.84. The van der Waals surface area contributed by atoms with Gasteiger partial charge in [-0.25, -0.2) is 4.39 Å². The van der Waals surface area contributed by atoms with Gasteiger partial charge in [0, 0.05) is 19.5 Å². The molecule has 2 aliphatic heterocycles. The number of alkyl halides is 1. The van der Waals surface area contributed by atoms with E-state index < -0.39 is 6.17 Å². The van der Waals surface area contributed by atoms with Crippen LogP contribution in [-0.2, 0) is 0 Å². The average molecular weight is 211 g/mol. The summed E-state index contributed by atoms with van der Waals surface area (Å²) in [6.07, 6.45) is 4.51. The first-order chi connectivity index (χ1) is 7.23. The normalized spacial score (nSPS) is 40.8. The summed E-state index contributed by atoms with van der Waals surface area (Å²) in [5.41, 5.74) is 2.85. The van der Waals surface area contributed by atoms with Gasteiger partial charge in [0.05, 0.1) is 12.1 Å². The summed E-state index contributed by atoms with van der Waals surface area (Å²) in [5.74, 6) is 0. The summed E-state index contributed by atoms with van der Waals surface area (Å²) in [6.45, 7) is 1.55. The van der Waals surface area contributed by atoms with E-state index in [1.165, 1.54) is 24.8 Å². The molecule has 3 fully saturated rings. The van der Waals surface area contributed by atoms with Crippen LogP contribution < -0.4 is 0 Å². The first-order valence-corrected chi connectivity index (χ1v) is 5.93. The molecule has 2 atom stereocenters. The molecule has 3 aliphatic rings. The van der Waals surface area contributed by atoms with Crippen LogP contribution in [0.4, 0.5) is 4.39 Å². The van der Waals surface area contributed by atoms with Crippen molar-refractivity contribution in [1.82, 2.24) is 4.90 Å². The van der Waals surface area contributed by atoms with E-state index in [4.69, 9.17) is 0 Å². The number of rotatable bonds is 1. The lowest BCUT2D eigenvalue weighted by Crippen LogP contribution is -2.41. The molecule has 1 N–H and O–H groups in total. The van der Waals surface area contributed by atoms with Gasteiger partial charge in [-0.3, -0.25) is 4.90 Å². The fraction of sp³-hybridized carbons (Fsp3) is 0.833. The summed E-state index contributed by atoms with van der Waals surface area (Å²) in [6, 6.07) is 0. The molecule has 1 aliphatic carbocycles. The highest BCUT2D eigenvalue weighted by Gasteiger charge is 2.50. The van der Waals surface area contributed by atoms with Crippen LogP contribution in [0.5, 0.6) is 0 Å². The Hall–Kier alpha value is -0.410. The molecule has 0 aromatic carbocycles. The Labute approximate surface area is 89.8 Å². The number of aliphatic hydroxyl groups excluding tert-OH is 1. The third-order valence-corrected chi connectivity index (χ3v) is 4.37. The van der Waals surface area contributed by atoms with Gasteiger partial charge >= 0.3 is 0 Å². The molecule has 3 heteroatoms. The highest BCUT2D eigenvalue weighted by atomic mass is 19.1. The second kappa shape index (κ2) is 3.29. The largest absolute Gasteiger partial charge is 0.394 e. The molecule has 3 rings (SSSR count). The maximum absolute atomic E-state index is 13.3. The predicted octanol–water partition coefficient (Wildman–Crippen LogP) is 1.65. The van der Waals surface area contributed by atoms with E-state index in [1.54, 1.807) is 5.57 Å². The summed E-state index contributed by atoms with van der Waals surface area (Å²) in [5, 5.41) is 9.50. The molecule has 0 unspecified atom stereocenters. The monoisotopic (exact) mass is 211 g/mol. The van der Waals surface area contributed by atoms with Crippen LogP contribution in [0.25, 0.3) is 0 Å². The maximum atomic E-state index is 13.3. The average Bonchev–Trinajstić information content (AvgIpc) is 2.54. The predicted molar refractivity (Wildman–Crippen MR) is 56.4 cm³/mol. The second-order valence-electron chi connectivity index (χ2n) is 5.30. The second-order valence-corrected chi connectivity index (χ2v) is 5.30. The Morgan fingerprint density at radius 1 is 1.40 bits per heavy atom. The lowest BCUT2D eigenvalue weighted by molar-refractivity contribution is 0.0997. The van der Waals surface area contributed by atoms with Crippen LogP contribution in [0.3, 0.4) is 0 Å². The summed E-state index contributed by atoms with van der Waals surface area (Å²) < 4.78 is 13.3. The minimum Gasteiger partial charge on any atom is -0.394 e. The van der Waals surface area contributed by atoms with Crippen molar-refractivity contribution in [2.75, 3.05) is 19.7 Å². The minimum atomic E-state index is -0.731. The third kappa shape index (κ3) is 1.36. The molecule has 0 amide bonds. The van der Waals surface area contributed by atoms with Crippen molar-refractivity contribution in [2.45, 2.75) is 43.8 Å². The van der Waals surface area contributed by atoms with Crippen LogP contribution in [0.2, 0.25) is 0 Å². The van der Waals surface area contributed by atoms with Gasteiger partial charge in [-0.15, -0.1) is 0 Å². The van der Waals surface area contributed by atoms with Gasteiger partial charge in [-0.2, -0.15) is 0 Å². The number of allylic oxidation sites excluding steroid dienone is 1. The molecule has 2 nitrogen and oxygen atoms in total. The maximum Gasteiger partial charge on any atom is 0.115 e. The van der Waals surface area contributed by atoms with Crippen molar-refractivity contribution in [1.29, 1.82) is 0 Å². The van der Waals surface area contributed by atoms with Gasteiger partial charge in [-0.1, -0.05) is 11.1 Å². The standard InChI is InChI=1S/C12H18FNO/c13-11-5-12(8-15)4-10(6-14(12)7-11)9-2-1-3-9/h11,15H,1-8H2/t11-,12+/m0/s1. The van der Waals surface area contributed by atoms with Crippen molar-refractivity contribution >= 4 is 0 Å². The van der Waals surface area contributed by atoms with E-state index >= 15 is 0 Å². The van der Waals surface area contributed by atoms with Gasteiger partial charge in [-0.05, 0) is 25.7 Å². The Morgan fingerprint density at radius 3 is 2.73 bits per heavy atom. The number of halogens is 1. The zero-order valence-electron chi connectivity index (χ0n) is 9.01. The third-order valence-electron chi connectivity index (χ3n) is 4.37. The van der Waals surface area contributed by atoms with Crippen molar-refractivity contribution in [2.24, 2.45) is 0 Å². The lowest BCUT2D eigenvalue weighted by Gasteiger charge is -2.28.